The topological polar surface area (TPSA) is 78.9 Å². The van der Waals surface area contributed by atoms with Gasteiger partial charge in [0.15, 0.2) is 0 Å². The van der Waals surface area contributed by atoms with Gasteiger partial charge in [-0.2, -0.15) is 0 Å². The van der Waals surface area contributed by atoms with Crippen LogP contribution in [-0.4, -0.2) is 35.4 Å². The first kappa shape index (κ1) is 13.5. The van der Waals surface area contributed by atoms with Gasteiger partial charge in [0, 0.05) is 30.0 Å². The molecular formula is C11H14BrN3O2. The third kappa shape index (κ3) is 4.07. The maximum atomic E-state index is 11.9. The maximum Gasteiger partial charge on any atom is 0.253 e. The first-order valence-corrected chi connectivity index (χ1v) is 5.81. The number of halogens is 1. The number of benzene rings is 1. The molecule has 0 radical (unpaired) electrons. The van der Waals surface area contributed by atoms with Crippen molar-refractivity contribution in [3.63, 3.8) is 0 Å². The fourth-order valence-electron chi connectivity index (χ4n) is 1.25. The van der Waals surface area contributed by atoms with Gasteiger partial charge in [0.25, 0.3) is 5.91 Å². The molecule has 3 N–H and O–H groups in total. The molecule has 0 bridgehead atoms. The molecule has 1 aromatic rings. The SMILES string of the molecule is CN(CC/C(N)=N/O)C(=O)c1ccc(Br)cc1. The fourth-order valence-corrected chi connectivity index (χ4v) is 1.51. The molecule has 0 atom stereocenters. The summed E-state index contributed by atoms with van der Waals surface area (Å²) in [6.45, 7) is 0.408. The van der Waals surface area contributed by atoms with Crippen LogP contribution in [-0.2, 0) is 0 Å². The van der Waals surface area contributed by atoms with Gasteiger partial charge in [-0.1, -0.05) is 21.1 Å². The van der Waals surface area contributed by atoms with E-state index in [9.17, 15) is 4.79 Å². The molecule has 17 heavy (non-hydrogen) atoms. The summed E-state index contributed by atoms with van der Waals surface area (Å²) >= 11 is 3.31. The van der Waals surface area contributed by atoms with Crippen LogP contribution in [0, 0.1) is 0 Å². The lowest BCUT2D eigenvalue weighted by atomic mass is 10.2. The highest BCUT2D eigenvalue weighted by Crippen LogP contribution is 2.11. The molecule has 0 aliphatic rings. The molecule has 0 aromatic heterocycles. The number of carbonyl (C=O) groups excluding carboxylic acids is 1. The molecule has 0 saturated heterocycles. The molecule has 1 amide bonds. The van der Waals surface area contributed by atoms with Gasteiger partial charge in [0.1, 0.15) is 5.84 Å². The lowest BCUT2D eigenvalue weighted by Crippen LogP contribution is -2.30. The van der Waals surface area contributed by atoms with Crippen molar-refractivity contribution in [2.75, 3.05) is 13.6 Å². The van der Waals surface area contributed by atoms with Gasteiger partial charge >= 0.3 is 0 Å². The Hall–Kier alpha value is -1.56. The van der Waals surface area contributed by atoms with Crippen molar-refractivity contribution in [1.82, 2.24) is 4.90 Å². The zero-order valence-corrected chi connectivity index (χ0v) is 11.0. The third-order valence-electron chi connectivity index (χ3n) is 2.27. The van der Waals surface area contributed by atoms with Gasteiger partial charge in [-0.05, 0) is 24.3 Å². The number of nitrogens with zero attached hydrogens (tertiary/aromatic N) is 2. The molecule has 1 rings (SSSR count). The van der Waals surface area contributed by atoms with Crippen molar-refractivity contribution in [3.8, 4) is 0 Å². The second-order valence-electron chi connectivity index (χ2n) is 3.57. The van der Waals surface area contributed by atoms with Gasteiger partial charge in [0.2, 0.25) is 0 Å². The van der Waals surface area contributed by atoms with E-state index in [0.29, 0.717) is 18.5 Å². The van der Waals surface area contributed by atoms with Crippen LogP contribution in [0.1, 0.15) is 16.8 Å². The highest BCUT2D eigenvalue weighted by Gasteiger charge is 2.11. The number of hydrogen-bond acceptors (Lipinski definition) is 3. The van der Waals surface area contributed by atoms with E-state index in [1.165, 1.54) is 4.90 Å². The molecule has 0 aliphatic heterocycles. The zero-order valence-electron chi connectivity index (χ0n) is 9.43. The average Bonchev–Trinajstić information content (AvgIpc) is 2.35. The first-order chi connectivity index (χ1) is 8.04. The van der Waals surface area contributed by atoms with Gasteiger partial charge in [-0.3, -0.25) is 4.79 Å². The Morgan fingerprint density at radius 3 is 2.59 bits per heavy atom. The molecule has 0 heterocycles. The van der Waals surface area contributed by atoms with Crippen molar-refractivity contribution in [2.24, 2.45) is 10.9 Å². The smallest absolute Gasteiger partial charge is 0.253 e. The second kappa shape index (κ2) is 6.24. The van der Waals surface area contributed by atoms with Crippen molar-refractivity contribution in [1.29, 1.82) is 0 Å². The van der Waals surface area contributed by atoms with Crippen molar-refractivity contribution < 1.29 is 10.0 Å². The summed E-state index contributed by atoms with van der Waals surface area (Å²) in [7, 11) is 1.68. The molecule has 0 aliphatic carbocycles. The number of amides is 1. The summed E-state index contributed by atoms with van der Waals surface area (Å²) in [4.78, 5) is 13.5. The lowest BCUT2D eigenvalue weighted by Gasteiger charge is -2.16. The minimum absolute atomic E-state index is 0.0942. The number of nitrogens with two attached hydrogens (primary N) is 1. The standard InChI is InChI=1S/C11H14BrN3O2/c1-15(7-6-10(13)14-17)11(16)8-2-4-9(12)5-3-8/h2-5,17H,6-7H2,1H3,(H2,13,14). The van der Waals surface area contributed by atoms with E-state index < -0.39 is 0 Å². The van der Waals surface area contributed by atoms with Crippen LogP contribution < -0.4 is 5.73 Å². The summed E-state index contributed by atoms with van der Waals surface area (Å²) in [5.41, 5.74) is 5.94. The van der Waals surface area contributed by atoms with E-state index in [1.54, 1.807) is 19.2 Å². The summed E-state index contributed by atoms with van der Waals surface area (Å²) in [5.74, 6) is 0.0173. The minimum atomic E-state index is -0.0942. The number of amidine groups is 1. The van der Waals surface area contributed by atoms with Gasteiger partial charge in [-0.15, -0.1) is 0 Å². The van der Waals surface area contributed by atoms with Gasteiger partial charge < -0.3 is 15.8 Å². The summed E-state index contributed by atoms with van der Waals surface area (Å²) in [6, 6.07) is 7.11. The third-order valence-corrected chi connectivity index (χ3v) is 2.80. The van der Waals surface area contributed by atoms with Crippen molar-refractivity contribution >= 4 is 27.7 Å². The van der Waals surface area contributed by atoms with Crippen molar-refractivity contribution in [3.05, 3.63) is 34.3 Å². The lowest BCUT2D eigenvalue weighted by molar-refractivity contribution is 0.0798. The van der Waals surface area contributed by atoms with Crippen LogP contribution >= 0.6 is 15.9 Å². The van der Waals surface area contributed by atoms with E-state index >= 15 is 0 Å². The molecule has 0 saturated carbocycles. The summed E-state index contributed by atoms with van der Waals surface area (Å²) in [6.07, 6.45) is 0.343. The fraction of sp³-hybridized carbons (Fsp3) is 0.273. The highest BCUT2D eigenvalue weighted by atomic mass is 79.9. The molecule has 5 nitrogen and oxygen atoms in total. The van der Waals surface area contributed by atoms with Crippen molar-refractivity contribution in [2.45, 2.75) is 6.42 Å². The van der Waals surface area contributed by atoms with E-state index in [2.05, 4.69) is 21.1 Å². The van der Waals surface area contributed by atoms with E-state index in [0.717, 1.165) is 4.47 Å². The molecule has 0 fully saturated rings. The minimum Gasteiger partial charge on any atom is -0.409 e. The zero-order chi connectivity index (χ0) is 12.8. The van der Waals surface area contributed by atoms with Crippen LogP contribution in [0.15, 0.2) is 33.9 Å². The van der Waals surface area contributed by atoms with Gasteiger partial charge in [0.05, 0.1) is 0 Å². The molecule has 0 unspecified atom stereocenters. The van der Waals surface area contributed by atoms with E-state index in [-0.39, 0.29) is 11.7 Å². The average molecular weight is 300 g/mol. The number of carbonyl (C=O) groups is 1. The quantitative estimate of drug-likeness (QED) is 0.384. The Labute approximate surface area is 108 Å². The van der Waals surface area contributed by atoms with Crippen LogP contribution in [0.4, 0.5) is 0 Å². The summed E-state index contributed by atoms with van der Waals surface area (Å²) < 4.78 is 0.924. The van der Waals surface area contributed by atoms with Crippen LogP contribution in [0.2, 0.25) is 0 Å². The summed E-state index contributed by atoms with van der Waals surface area (Å²) in [5, 5.41) is 11.2. The van der Waals surface area contributed by atoms with Crippen LogP contribution in [0.5, 0.6) is 0 Å². The second-order valence-corrected chi connectivity index (χ2v) is 4.49. The Bertz CT molecular complexity index is 417. The largest absolute Gasteiger partial charge is 0.409 e. The molecule has 1 aromatic carbocycles. The Kier molecular flexibility index (Phi) is 4.96. The number of rotatable bonds is 4. The molecule has 0 spiro atoms. The molecular weight excluding hydrogens is 286 g/mol. The van der Waals surface area contributed by atoms with E-state index in [1.807, 2.05) is 12.1 Å². The monoisotopic (exact) mass is 299 g/mol. The van der Waals surface area contributed by atoms with Crippen LogP contribution in [0.25, 0.3) is 0 Å². The molecule has 6 heteroatoms. The first-order valence-electron chi connectivity index (χ1n) is 5.02. The Morgan fingerprint density at radius 2 is 2.06 bits per heavy atom. The number of hydrogen-bond donors (Lipinski definition) is 2. The van der Waals surface area contributed by atoms with Crippen LogP contribution in [0.3, 0.4) is 0 Å². The molecule has 92 valence electrons. The van der Waals surface area contributed by atoms with Gasteiger partial charge in [-0.25, -0.2) is 0 Å². The maximum absolute atomic E-state index is 11.9. The van der Waals surface area contributed by atoms with E-state index in [4.69, 9.17) is 10.9 Å². The highest BCUT2D eigenvalue weighted by molar-refractivity contribution is 9.10. The number of oxime groups is 1. The Morgan fingerprint density at radius 1 is 1.47 bits per heavy atom. The predicted octanol–water partition coefficient (Wildman–Crippen LogP) is 1.66. The Balaban J connectivity index is 2.60. The normalized spacial score (nSPS) is 11.3. The predicted molar refractivity (Wildman–Crippen MR) is 69.1 cm³/mol.